The fraction of sp³-hybridized carbons (Fsp3) is 0.684. The highest BCUT2D eigenvalue weighted by molar-refractivity contribution is 14.1. The van der Waals surface area contributed by atoms with Gasteiger partial charge in [0, 0.05) is 0 Å². The molecule has 0 amide bonds. The average Bonchev–Trinajstić information content (AvgIpc) is 2.85. The largest absolute Gasteiger partial charge is 0.497 e. The molecular formula is C19H25IO3. The highest BCUT2D eigenvalue weighted by Crippen LogP contribution is 2.67. The Labute approximate surface area is 151 Å². The lowest BCUT2D eigenvalue weighted by atomic mass is 9.53. The molecule has 3 aliphatic carbocycles. The number of rotatable bonds is 1. The smallest absolute Gasteiger partial charge is 0.119 e. The Balaban J connectivity index is 1.82. The summed E-state index contributed by atoms with van der Waals surface area (Å²) in [6, 6.07) is 6.30. The number of ether oxygens (including phenoxy) is 1. The van der Waals surface area contributed by atoms with Crippen molar-refractivity contribution in [2.24, 2.45) is 11.3 Å². The van der Waals surface area contributed by atoms with Crippen molar-refractivity contribution in [3.63, 3.8) is 0 Å². The molecule has 2 saturated carbocycles. The Morgan fingerprint density at radius 1 is 1.22 bits per heavy atom. The molecule has 3 aliphatic rings. The molecule has 0 aromatic heterocycles. The van der Waals surface area contributed by atoms with Gasteiger partial charge in [-0.2, -0.15) is 0 Å². The molecule has 5 unspecified atom stereocenters. The molecule has 0 bridgehead atoms. The first-order chi connectivity index (χ1) is 10.8. The molecule has 3 nitrogen and oxygen atoms in total. The Bertz CT molecular complexity index is 648. The van der Waals surface area contributed by atoms with Crippen molar-refractivity contribution in [3.8, 4) is 5.75 Å². The minimum atomic E-state index is -0.723. The lowest BCUT2D eigenvalue weighted by Gasteiger charge is -2.59. The fourth-order valence-corrected chi connectivity index (χ4v) is 7.07. The second-order valence-corrected chi connectivity index (χ2v) is 9.74. The van der Waals surface area contributed by atoms with Crippen molar-refractivity contribution in [2.75, 3.05) is 7.11 Å². The number of hydrogen-bond donors (Lipinski definition) is 2. The van der Waals surface area contributed by atoms with Crippen molar-refractivity contribution in [1.29, 1.82) is 0 Å². The van der Waals surface area contributed by atoms with E-state index in [1.54, 1.807) is 7.11 Å². The van der Waals surface area contributed by atoms with Crippen LogP contribution < -0.4 is 4.74 Å². The fourth-order valence-electron chi connectivity index (χ4n) is 5.63. The van der Waals surface area contributed by atoms with Gasteiger partial charge in [0.2, 0.25) is 0 Å². The second-order valence-electron chi connectivity index (χ2n) is 7.90. The van der Waals surface area contributed by atoms with Gasteiger partial charge < -0.3 is 14.9 Å². The van der Waals surface area contributed by atoms with Gasteiger partial charge in [-0.05, 0) is 73.1 Å². The maximum absolute atomic E-state index is 11.8. The molecule has 2 fully saturated rings. The SMILES string of the molecule is COc1ccc2c(c1)CCC1(O)C3CCC(O)C3(C)CCC21I. The zero-order valence-electron chi connectivity index (χ0n) is 13.8. The summed E-state index contributed by atoms with van der Waals surface area (Å²) in [6.07, 6.45) is 5.06. The molecule has 126 valence electrons. The minimum Gasteiger partial charge on any atom is -0.497 e. The highest BCUT2D eigenvalue weighted by atomic mass is 127. The number of alkyl halides is 1. The molecule has 1 aromatic rings. The van der Waals surface area contributed by atoms with Crippen LogP contribution in [0.5, 0.6) is 5.75 Å². The molecule has 0 heterocycles. The van der Waals surface area contributed by atoms with E-state index in [-0.39, 0.29) is 20.9 Å². The van der Waals surface area contributed by atoms with Crippen LogP contribution in [0.1, 0.15) is 50.2 Å². The van der Waals surface area contributed by atoms with E-state index in [1.807, 2.05) is 6.07 Å². The molecule has 23 heavy (non-hydrogen) atoms. The summed E-state index contributed by atoms with van der Waals surface area (Å²) in [5, 5.41) is 22.3. The first-order valence-electron chi connectivity index (χ1n) is 8.62. The predicted molar refractivity (Wildman–Crippen MR) is 98.0 cm³/mol. The van der Waals surface area contributed by atoms with Crippen LogP contribution in [0.15, 0.2) is 18.2 Å². The third kappa shape index (κ3) is 1.94. The summed E-state index contributed by atoms with van der Waals surface area (Å²) in [7, 11) is 1.70. The Morgan fingerprint density at radius 3 is 2.74 bits per heavy atom. The first kappa shape index (κ1) is 16.2. The molecular weight excluding hydrogens is 403 g/mol. The number of halogens is 1. The first-order valence-corrected chi connectivity index (χ1v) is 9.70. The molecule has 4 rings (SSSR count). The zero-order chi connectivity index (χ0) is 16.5. The summed E-state index contributed by atoms with van der Waals surface area (Å²) in [6.45, 7) is 2.19. The van der Waals surface area contributed by atoms with Crippen molar-refractivity contribution in [1.82, 2.24) is 0 Å². The highest BCUT2D eigenvalue weighted by Gasteiger charge is 2.67. The number of aliphatic hydroxyl groups is 2. The van der Waals surface area contributed by atoms with Crippen molar-refractivity contribution in [3.05, 3.63) is 29.3 Å². The zero-order valence-corrected chi connectivity index (χ0v) is 16.0. The third-order valence-corrected chi connectivity index (χ3v) is 9.13. The van der Waals surface area contributed by atoms with Gasteiger partial charge in [-0.1, -0.05) is 35.6 Å². The maximum Gasteiger partial charge on any atom is 0.119 e. The van der Waals surface area contributed by atoms with Crippen molar-refractivity contribution in [2.45, 2.75) is 60.6 Å². The topological polar surface area (TPSA) is 49.7 Å². The summed E-state index contributed by atoms with van der Waals surface area (Å²) in [5.41, 5.74) is 1.73. The summed E-state index contributed by atoms with van der Waals surface area (Å²) in [5.74, 6) is 1.08. The van der Waals surface area contributed by atoms with E-state index in [1.165, 1.54) is 11.1 Å². The number of aryl methyl sites for hydroxylation is 1. The van der Waals surface area contributed by atoms with E-state index in [9.17, 15) is 10.2 Å². The summed E-state index contributed by atoms with van der Waals surface area (Å²) in [4.78, 5) is 0. The molecule has 4 heteroatoms. The van der Waals surface area contributed by atoms with Gasteiger partial charge in [0.15, 0.2) is 0 Å². The van der Waals surface area contributed by atoms with Gasteiger partial charge >= 0.3 is 0 Å². The van der Waals surface area contributed by atoms with Crippen LogP contribution in [0.25, 0.3) is 0 Å². The van der Waals surface area contributed by atoms with E-state index in [0.29, 0.717) is 0 Å². The van der Waals surface area contributed by atoms with Crippen LogP contribution in [0.4, 0.5) is 0 Å². The van der Waals surface area contributed by atoms with E-state index >= 15 is 0 Å². The molecule has 0 saturated heterocycles. The number of methoxy groups -OCH3 is 1. The lowest BCUT2D eigenvalue weighted by molar-refractivity contribution is -0.144. The lowest BCUT2D eigenvalue weighted by Crippen LogP contribution is -2.63. The van der Waals surface area contributed by atoms with Gasteiger partial charge in [0.1, 0.15) is 5.75 Å². The van der Waals surface area contributed by atoms with Gasteiger partial charge in [0.05, 0.1) is 22.2 Å². The van der Waals surface area contributed by atoms with Crippen LogP contribution in [0.3, 0.4) is 0 Å². The quantitative estimate of drug-likeness (QED) is 0.531. The van der Waals surface area contributed by atoms with E-state index < -0.39 is 5.60 Å². The summed E-state index contributed by atoms with van der Waals surface area (Å²) < 4.78 is 5.12. The number of fused-ring (bicyclic) bond motifs is 5. The van der Waals surface area contributed by atoms with Crippen LogP contribution in [-0.2, 0) is 9.84 Å². The Kier molecular flexibility index (Phi) is 3.57. The van der Waals surface area contributed by atoms with Crippen LogP contribution in [-0.4, -0.2) is 29.0 Å². The second kappa shape index (κ2) is 5.09. The molecule has 0 aliphatic heterocycles. The number of hydrogen-bond acceptors (Lipinski definition) is 3. The Morgan fingerprint density at radius 2 is 2.00 bits per heavy atom. The van der Waals surface area contributed by atoms with E-state index in [2.05, 4.69) is 41.6 Å². The van der Waals surface area contributed by atoms with Crippen molar-refractivity contribution < 1.29 is 14.9 Å². The van der Waals surface area contributed by atoms with E-state index in [0.717, 1.165) is 44.3 Å². The number of aliphatic hydroxyl groups excluding tert-OH is 1. The molecule has 2 N–H and O–H groups in total. The normalized spacial score (nSPS) is 45.1. The van der Waals surface area contributed by atoms with Crippen LogP contribution in [0, 0.1) is 11.3 Å². The van der Waals surface area contributed by atoms with Gasteiger partial charge in [-0.15, -0.1) is 0 Å². The van der Waals surface area contributed by atoms with Gasteiger partial charge in [0.25, 0.3) is 0 Å². The van der Waals surface area contributed by atoms with Gasteiger partial charge in [-0.3, -0.25) is 0 Å². The van der Waals surface area contributed by atoms with Crippen LogP contribution in [0.2, 0.25) is 0 Å². The molecule has 1 aromatic carbocycles. The van der Waals surface area contributed by atoms with Crippen LogP contribution >= 0.6 is 22.6 Å². The third-order valence-electron chi connectivity index (χ3n) is 7.07. The monoisotopic (exact) mass is 428 g/mol. The number of benzene rings is 1. The maximum atomic E-state index is 11.8. The minimum absolute atomic E-state index is 0.132. The molecule has 0 spiro atoms. The predicted octanol–water partition coefficient (Wildman–Crippen LogP) is 3.57. The molecule has 5 atom stereocenters. The Hall–Kier alpha value is -0.330. The summed E-state index contributed by atoms with van der Waals surface area (Å²) >= 11 is 2.52. The standard InChI is InChI=1S/C19H25IO3/c1-17-9-10-18(20)14-4-3-13(23-2)11-12(14)7-8-19(18,22)15(17)5-6-16(17)21/h3-4,11,15-16,21-22H,5-10H2,1-2H3. The molecule has 0 radical (unpaired) electrons. The van der Waals surface area contributed by atoms with E-state index in [4.69, 9.17) is 4.74 Å². The van der Waals surface area contributed by atoms with Crippen molar-refractivity contribution >= 4 is 22.6 Å². The van der Waals surface area contributed by atoms with Gasteiger partial charge in [-0.25, -0.2) is 0 Å². The average molecular weight is 428 g/mol.